The van der Waals surface area contributed by atoms with Crippen LogP contribution in [0, 0.1) is 11.3 Å². The second kappa shape index (κ2) is 2.79. The predicted octanol–water partition coefficient (Wildman–Crippen LogP) is 1.09. The van der Waals surface area contributed by atoms with Crippen LogP contribution in [-0.4, -0.2) is 5.11 Å². The zero-order valence-corrected chi connectivity index (χ0v) is 6.92. The van der Waals surface area contributed by atoms with E-state index >= 15 is 0 Å². The molecule has 0 atom stereocenters. The van der Waals surface area contributed by atoms with Crippen LogP contribution >= 0.6 is 22.6 Å². The minimum absolute atomic E-state index is 0.105. The molecular formula is C5H3IN2O2. The summed E-state index contributed by atoms with van der Waals surface area (Å²) in [5, 5.41) is 17.4. The van der Waals surface area contributed by atoms with E-state index in [9.17, 15) is 0 Å². The molecule has 5 heteroatoms. The van der Waals surface area contributed by atoms with E-state index in [1.165, 1.54) is 6.20 Å². The van der Waals surface area contributed by atoms with E-state index in [2.05, 4.69) is 10.3 Å². The summed E-state index contributed by atoms with van der Waals surface area (Å²) < 4.78 is 0.556. The van der Waals surface area contributed by atoms with E-state index in [1.54, 1.807) is 6.07 Å². The Hall–Kier alpha value is -0.900. The molecule has 52 valence electrons. The number of allylic oxidation sites excluding steroid dienone is 2. The van der Waals surface area contributed by atoms with Gasteiger partial charge in [-0.1, -0.05) is 0 Å². The van der Waals surface area contributed by atoms with Crippen LogP contribution in [-0.2, 0) is 4.84 Å². The van der Waals surface area contributed by atoms with Gasteiger partial charge in [-0.2, -0.15) is 5.26 Å². The van der Waals surface area contributed by atoms with Crippen molar-refractivity contribution >= 4 is 22.6 Å². The highest BCUT2D eigenvalue weighted by Crippen LogP contribution is 2.20. The summed E-state index contributed by atoms with van der Waals surface area (Å²) in [5.74, 6) is -0.228. The van der Waals surface area contributed by atoms with E-state index in [0.717, 1.165) is 0 Å². The van der Waals surface area contributed by atoms with Crippen molar-refractivity contribution in [1.82, 2.24) is 5.48 Å². The van der Waals surface area contributed by atoms with Crippen LogP contribution < -0.4 is 5.48 Å². The summed E-state index contributed by atoms with van der Waals surface area (Å²) in [6, 6.07) is 1.68. The standard InChI is InChI=1S/C5H3IN2O2/c6-3-2-8-10-4(1-7)5(3)9/h2,8-9H. The summed E-state index contributed by atoms with van der Waals surface area (Å²) in [6.45, 7) is 0. The van der Waals surface area contributed by atoms with Gasteiger partial charge in [0.05, 0.1) is 9.78 Å². The number of nitriles is 1. The molecule has 1 rings (SSSR count). The third-order valence-electron chi connectivity index (χ3n) is 0.889. The average Bonchev–Trinajstić information content (AvgIpc) is 1.95. The fourth-order valence-corrected chi connectivity index (χ4v) is 0.813. The summed E-state index contributed by atoms with van der Waals surface area (Å²) in [4.78, 5) is 4.55. The Morgan fingerprint density at radius 3 is 3.00 bits per heavy atom. The minimum Gasteiger partial charge on any atom is -0.503 e. The summed E-state index contributed by atoms with van der Waals surface area (Å²) >= 11 is 1.88. The van der Waals surface area contributed by atoms with Crippen molar-refractivity contribution in [2.45, 2.75) is 0 Å². The number of nitrogens with one attached hydrogen (secondary N) is 1. The lowest BCUT2D eigenvalue weighted by molar-refractivity contribution is 0.135. The van der Waals surface area contributed by atoms with Crippen molar-refractivity contribution in [2.24, 2.45) is 0 Å². The molecule has 0 aliphatic carbocycles. The highest BCUT2D eigenvalue weighted by molar-refractivity contribution is 14.1. The third-order valence-corrected chi connectivity index (χ3v) is 1.71. The Balaban J connectivity index is 2.99. The number of hydroxylamine groups is 1. The monoisotopic (exact) mass is 250 g/mol. The Morgan fingerprint density at radius 1 is 1.80 bits per heavy atom. The van der Waals surface area contributed by atoms with E-state index < -0.39 is 0 Å². The van der Waals surface area contributed by atoms with Crippen LogP contribution in [0.3, 0.4) is 0 Å². The molecule has 4 nitrogen and oxygen atoms in total. The zero-order chi connectivity index (χ0) is 7.56. The molecule has 10 heavy (non-hydrogen) atoms. The largest absolute Gasteiger partial charge is 0.503 e. The number of halogens is 1. The van der Waals surface area contributed by atoms with Gasteiger partial charge < -0.3 is 9.94 Å². The molecule has 1 aliphatic heterocycles. The van der Waals surface area contributed by atoms with Crippen LogP contribution in [0.15, 0.2) is 21.3 Å². The Bertz CT molecular complexity index is 251. The van der Waals surface area contributed by atoms with E-state index in [1.807, 2.05) is 22.6 Å². The molecule has 0 saturated heterocycles. The molecule has 1 aliphatic rings. The van der Waals surface area contributed by atoms with Gasteiger partial charge in [0, 0.05) is 0 Å². The van der Waals surface area contributed by atoms with Crippen LogP contribution in [0.5, 0.6) is 0 Å². The Morgan fingerprint density at radius 2 is 2.50 bits per heavy atom. The first kappa shape index (κ1) is 7.21. The lowest BCUT2D eigenvalue weighted by atomic mass is 10.4. The van der Waals surface area contributed by atoms with Gasteiger partial charge >= 0.3 is 0 Å². The average molecular weight is 250 g/mol. The fourth-order valence-electron chi connectivity index (χ4n) is 0.441. The second-order valence-electron chi connectivity index (χ2n) is 1.50. The molecule has 0 aromatic heterocycles. The lowest BCUT2D eigenvalue weighted by Gasteiger charge is -2.10. The van der Waals surface area contributed by atoms with E-state index in [-0.39, 0.29) is 11.5 Å². The van der Waals surface area contributed by atoms with Crippen LogP contribution in [0.4, 0.5) is 0 Å². The molecule has 0 fully saturated rings. The normalized spacial score (nSPS) is 16.6. The molecule has 0 saturated carbocycles. The van der Waals surface area contributed by atoms with E-state index in [4.69, 9.17) is 10.4 Å². The van der Waals surface area contributed by atoms with Crippen LogP contribution in [0.1, 0.15) is 0 Å². The molecule has 0 bridgehead atoms. The van der Waals surface area contributed by atoms with Crippen LogP contribution in [0.2, 0.25) is 0 Å². The summed E-state index contributed by atoms with van der Waals surface area (Å²) in [5.41, 5.74) is 2.36. The van der Waals surface area contributed by atoms with Crippen molar-refractivity contribution in [3.8, 4) is 6.07 Å². The number of nitrogens with zero attached hydrogens (tertiary/aromatic N) is 1. The molecule has 0 aromatic carbocycles. The maximum absolute atomic E-state index is 9.05. The molecule has 1 heterocycles. The minimum atomic E-state index is -0.123. The smallest absolute Gasteiger partial charge is 0.274 e. The van der Waals surface area contributed by atoms with Gasteiger partial charge in [-0.15, -0.1) is 0 Å². The van der Waals surface area contributed by atoms with Gasteiger partial charge in [-0.05, 0) is 22.6 Å². The van der Waals surface area contributed by atoms with Crippen molar-refractivity contribution in [3.05, 3.63) is 21.3 Å². The molecule has 0 aromatic rings. The lowest BCUT2D eigenvalue weighted by Crippen LogP contribution is -2.13. The van der Waals surface area contributed by atoms with Crippen molar-refractivity contribution in [3.63, 3.8) is 0 Å². The maximum Gasteiger partial charge on any atom is 0.274 e. The van der Waals surface area contributed by atoms with Gasteiger partial charge in [-0.3, -0.25) is 0 Å². The summed E-state index contributed by atoms with van der Waals surface area (Å²) in [7, 11) is 0. The number of aliphatic hydroxyl groups excluding tert-OH is 1. The first-order chi connectivity index (χ1) is 4.75. The van der Waals surface area contributed by atoms with Crippen LogP contribution in [0.25, 0.3) is 0 Å². The molecule has 0 amide bonds. The number of rotatable bonds is 0. The first-order valence-corrected chi connectivity index (χ1v) is 3.45. The predicted molar refractivity (Wildman–Crippen MR) is 41.6 cm³/mol. The first-order valence-electron chi connectivity index (χ1n) is 2.37. The van der Waals surface area contributed by atoms with Crippen molar-refractivity contribution in [1.29, 1.82) is 5.26 Å². The topological polar surface area (TPSA) is 65.3 Å². The molecule has 0 radical (unpaired) electrons. The van der Waals surface area contributed by atoms with Gasteiger partial charge in [0.15, 0.2) is 5.76 Å². The van der Waals surface area contributed by atoms with Crippen molar-refractivity contribution in [2.75, 3.05) is 0 Å². The number of aliphatic hydroxyl groups is 1. The van der Waals surface area contributed by atoms with Gasteiger partial charge in [0.2, 0.25) is 0 Å². The summed E-state index contributed by atoms with van der Waals surface area (Å²) in [6.07, 6.45) is 1.46. The molecule has 0 spiro atoms. The number of hydrogen-bond acceptors (Lipinski definition) is 4. The highest BCUT2D eigenvalue weighted by atomic mass is 127. The molecule has 0 unspecified atom stereocenters. The highest BCUT2D eigenvalue weighted by Gasteiger charge is 2.13. The fraction of sp³-hybridized carbons (Fsp3) is 0. The SMILES string of the molecule is N#CC1=C(O)C(I)=CNO1. The van der Waals surface area contributed by atoms with Gasteiger partial charge in [0.1, 0.15) is 6.07 Å². The van der Waals surface area contributed by atoms with E-state index in [0.29, 0.717) is 3.58 Å². The van der Waals surface area contributed by atoms with Gasteiger partial charge in [-0.25, -0.2) is 5.48 Å². The number of hydrogen-bond donors (Lipinski definition) is 2. The Kier molecular flexibility index (Phi) is 2.01. The van der Waals surface area contributed by atoms with Gasteiger partial charge in [0.25, 0.3) is 5.76 Å². The quantitative estimate of drug-likeness (QED) is 0.631. The zero-order valence-electron chi connectivity index (χ0n) is 4.76. The molecular weight excluding hydrogens is 247 g/mol. The maximum atomic E-state index is 9.05. The Labute approximate surface area is 70.9 Å². The molecule has 2 N–H and O–H groups in total. The van der Waals surface area contributed by atoms with Crippen molar-refractivity contribution < 1.29 is 9.94 Å². The second-order valence-corrected chi connectivity index (χ2v) is 2.66. The third kappa shape index (κ3) is 1.16.